The molecule has 0 heterocycles. The number of carbonyl (C=O) groups excluding carboxylic acids is 1. The summed E-state index contributed by atoms with van der Waals surface area (Å²) < 4.78 is 0. The fourth-order valence-corrected chi connectivity index (χ4v) is 3.43. The standard InChI is InChI=1S/C19H17NO/c20-14-15-8-7-13-19(18(15)21,16-9-3-1-4-10-16)17-11-5-2-6-12-17/h1-6,9-12,15H,7-8,13H2. The van der Waals surface area contributed by atoms with Crippen molar-refractivity contribution in [1.29, 1.82) is 5.26 Å². The van der Waals surface area contributed by atoms with E-state index in [2.05, 4.69) is 6.07 Å². The van der Waals surface area contributed by atoms with E-state index in [1.807, 2.05) is 60.7 Å². The van der Waals surface area contributed by atoms with Crippen LogP contribution >= 0.6 is 0 Å². The van der Waals surface area contributed by atoms with Gasteiger partial charge in [-0.15, -0.1) is 0 Å². The molecule has 1 unspecified atom stereocenters. The van der Waals surface area contributed by atoms with Gasteiger partial charge >= 0.3 is 0 Å². The minimum Gasteiger partial charge on any atom is -0.297 e. The second-order valence-electron chi connectivity index (χ2n) is 5.58. The minimum absolute atomic E-state index is 0.0497. The molecule has 0 aromatic heterocycles. The van der Waals surface area contributed by atoms with Crippen LogP contribution in [-0.4, -0.2) is 5.78 Å². The maximum Gasteiger partial charge on any atom is 0.164 e. The van der Waals surface area contributed by atoms with E-state index >= 15 is 0 Å². The van der Waals surface area contributed by atoms with Crippen molar-refractivity contribution >= 4 is 5.78 Å². The van der Waals surface area contributed by atoms with Gasteiger partial charge in [0.25, 0.3) is 0 Å². The first-order chi connectivity index (χ1) is 10.3. The topological polar surface area (TPSA) is 40.9 Å². The SMILES string of the molecule is N#CC1CCCC(c2ccccc2)(c2ccccc2)C1=O. The molecule has 1 aliphatic carbocycles. The van der Waals surface area contributed by atoms with Gasteiger partial charge in [0.05, 0.1) is 11.5 Å². The van der Waals surface area contributed by atoms with Gasteiger partial charge in [0, 0.05) is 0 Å². The van der Waals surface area contributed by atoms with Crippen LogP contribution in [0.15, 0.2) is 60.7 Å². The van der Waals surface area contributed by atoms with E-state index < -0.39 is 11.3 Å². The molecule has 1 atom stereocenters. The Kier molecular flexibility index (Phi) is 3.58. The molecule has 2 aromatic rings. The third kappa shape index (κ3) is 2.15. The fraction of sp³-hybridized carbons (Fsp3) is 0.263. The molecular formula is C19H17NO. The summed E-state index contributed by atoms with van der Waals surface area (Å²) in [6, 6.07) is 22.0. The Morgan fingerprint density at radius 3 is 1.95 bits per heavy atom. The molecule has 1 saturated carbocycles. The van der Waals surface area contributed by atoms with Crippen LogP contribution in [0.3, 0.4) is 0 Å². The van der Waals surface area contributed by atoms with Gasteiger partial charge in [-0.3, -0.25) is 4.79 Å². The molecule has 0 N–H and O–H groups in total. The molecule has 0 saturated heterocycles. The van der Waals surface area contributed by atoms with Crippen molar-refractivity contribution in [2.75, 3.05) is 0 Å². The summed E-state index contributed by atoms with van der Waals surface area (Å²) in [5.74, 6) is -0.451. The van der Waals surface area contributed by atoms with Gasteiger partial charge in [-0.05, 0) is 24.0 Å². The van der Waals surface area contributed by atoms with Gasteiger partial charge in [0.2, 0.25) is 0 Å². The number of hydrogen-bond acceptors (Lipinski definition) is 2. The lowest BCUT2D eigenvalue weighted by Crippen LogP contribution is -2.44. The Morgan fingerprint density at radius 2 is 1.48 bits per heavy atom. The van der Waals surface area contributed by atoms with E-state index in [1.165, 1.54) is 0 Å². The van der Waals surface area contributed by atoms with E-state index in [9.17, 15) is 10.1 Å². The van der Waals surface area contributed by atoms with Gasteiger partial charge < -0.3 is 0 Å². The molecule has 0 spiro atoms. The highest BCUT2D eigenvalue weighted by Crippen LogP contribution is 2.44. The molecule has 104 valence electrons. The molecule has 3 rings (SSSR count). The summed E-state index contributed by atoms with van der Waals surface area (Å²) >= 11 is 0. The monoisotopic (exact) mass is 275 g/mol. The number of ketones is 1. The second kappa shape index (κ2) is 5.54. The van der Waals surface area contributed by atoms with Crippen molar-refractivity contribution in [1.82, 2.24) is 0 Å². The number of benzene rings is 2. The highest BCUT2D eigenvalue weighted by Gasteiger charge is 2.47. The summed E-state index contributed by atoms with van der Waals surface area (Å²) in [6.45, 7) is 0. The van der Waals surface area contributed by atoms with E-state index in [1.54, 1.807) is 0 Å². The van der Waals surface area contributed by atoms with Crippen molar-refractivity contribution in [3.63, 3.8) is 0 Å². The summed E-state index contributed by atoms with van der Waals surface area (Å²) in [5.41, 5.74) is 1.34. The predicted octanol–water partition coefficient (Wildman–Crippen LogP) is 3.87. The highest BCUT2D eigenvalue weighted by molar-refractivity contribution is 5.97. The summed E-state index contributed by atoms with van der Waals surface area (Å²) in [4.78, 5) is 13.1. The molecule has 0 bridgehead atoms. The number of hydrogen-bond donors (Lipinski definition) is 0. The largest absolute Gasteiger partial charge is 0.297 e. The maximum absolute atomic E-state index is 13.1. The van der Waals surface area contributed by atoms with Crippen LogP contribution in [0.2, 0.25) is 0 Å². The van der Waals surface area contributed by atoms with Crippen molar-refractivity contribution in [2.45, 2.75) is 24.7 Å². The quantitative estimate of drug-likeness (QED) is 0.835. The highest BCUT2D eigenvalue weighted by atomic mass is 16.1. The van der Waals surface area contributed by atoms with Crippen LogP contribution in [0.1, 0.15) is 30.4 Å². The van der Waals surface area contributed by atoms with Crippen LogP contribution in [-0.2, 0) is 10.2 Å². The normalized spacial score (nSPS) is 20.7. The van der Waals surface area contributed by atoms with Gasteiger partial charge in [-0.2, -0.15) is 5.26 Å². The lowest BCUT2D eigenvalue weighted by molar-refractivity contribution is -0.127. The summed E-state index contributed by atoms with van der Waals surface area (Å²) in [5, 5.41) is 9.32. The Labute approximate surface area is 125 Å². The molecule has 0 radical (unpaired) electrons. The molecule has 0 amide bonds. The first-order valence-corrected chi connectivity index (χ1v) is 7.34. The second-order valence-corrected chi connectivity index (χ2v) is 5.58. The van der Waals surface area contributed by atoms with Crippen molar-refractivity contribution in [3.05, 3.63) is 71.8 Å². The number of carbonyl (C=O) groups is 1. The molecule has 2 aromatic carbocycles. The van der Waals surface area contributed by atoms with Gasteiger partial charge in [0.15, 0.2) is 5.78 Å². The summed E-state index contributed by atoms with van der Waals surface area (Å²) in [7, 11) is 0. The third-order valence-electron chi connectivity index (χ3n) is 4.47. The zero-order valence-corrected chi connectivity index (χ0v) is 11.8. The molecule has 2 heteroatoms. The van der Waals surface area contributed by atoms with Crippen LogP contribution in [0.25, 0.3) is 0 Å². The first kappa shape index (κ1) is 13.6. The molecule has 1 aliphatic rings. The lowest BCUT2D eigenvalue weighted by Gasteiger charge is -2.38. The van der Waals surface area contributed by atoms with E-state index in [0.29, 0.717) is 6.42 Å². The van der Waals surface area contributed by atoms with Crippen LogP contribution in [0, 0.1) is 17.2 Å². The Hall–Kier alpha value is -2.40. The smallest absolute Gasteiger partial charge is 0.164 e. The Balaban J connectivity index is 2.21. The van der Waals surface area contributed by atoms with Gasteiger partial charge in [-0.25, -0.2) is 0 Å². The number of nitriles is 1. The van der Waals surface area contributed by atoms with Crippen molar-refractivity contribution in [3.8, 4) is 6.07 Å². The number of Topliss-reactive ketones (excluding diaryl/α,β-unsaturated/α-hetero) is 1. The average molecular weight is 275 g/mol. The molecule has 2 nitrogen and oxygen atoms in total. The van der Waals surface area contributed by atoms with E-state index in [4.69, 9.17) is 0 Å². The zero-order valence-electron chi connectivity index (χ0n) is 11.8. The van der Waals surface area contributed by atoms with Crippen LogP contribution < -0.4 is 0 Å². The molecular weight excluding hydrogens is 258 g/mol. The lowest BCUT2D eigenvalue weighted by atomic mass is 9.61. The van der Waals surface area contributed by atoms with E-state index in [0.717, 1.165) is 24.0 Å². The molecule has 1 fully saturated rings. The third-order valence-corrected chi connectivity index (χ3v) is 4.47. The van der Waals surface area contributed by atoms with Crippen molar-refractivity contribution in [2.24, 2.45) is 5.92 Å². The minimum atomic E-state index is -0.666. The van der Waals surface area contributed by atoms with Crippen LogP contribution in [0.4, 0.5) is 0 Å². The molecule has 0 aliphatic heterocycles. The number of nitrogens with zero attached hydrogens (tertiary/aromatic N) is 1. The average Bonchev–Trinajstić information content (AvgIpc) is 2.57. The number of rotatable bonds is 2. The fourth-order valence-electron chi connectivity index (χ4n) is 3.43. The molecule has 21 heavy (non-hydrogen) atoms. The van der Waals surface area contributed by atoms with E-state index in [-0.39, 0.29) is 5.78 Å². The van der Waals surface area contributed by atoms with Gasteiger partial charge in [-0.1, -0.05) is 67.1 Å². The Bertz CT molecular complexity index is 630. The predicted molar refractivity (Wildman–Crippen MR) is 81.6 cm³/mol. The van der Waals surface area contributed by atoms with Gasteiger partial charge in [0.1, 0.15) is 5.92 Å². The first-order valence-electron chi connectivity index (χ1n) is 7.34. The van der Waals surface area contributed by atoms with Crippen molar-refractivity contribution < 1.29 is 4.79 Å². The summed E-state index contributed by atoms with van der Waals surface area (Å²) in [6.07, 6.45) is 2.35. The van der Waals surface area contributed by atoms with Crippen LogP contribution in [0.5, 0.6) is 0 Å². The Morgan fingerprint density at radius 1 is 0.952 bits per heavy atom. The zero-order chi connectivity index (χ0) is 14.7. The maximum atomic E-state index is 13.1.